The van der Waals surface area contributed by atoms with E-state index in [1.54, 1.807) is 0 Å². The summed E-state index contributed by atoms with van der Waals surface area (Å²) in [6.07, 6.45) is 5.70. The van der Waals surface area contributed by atoms with Crippen LogP contribution in [0.4, 0.5) is 0 Å². The van der Waals surface area contributed by atoms with Crippen LogP contribution < -0.4 is 0 Å². The first kappa shape index (κ1) is 13.3. The Balaban J connectivity index is 1.95. The fraction of sp³-hybridized carbons (Fsp3) is 1.00. The van der Waals surface area contributed by atoms with Gasteiger partial charge in [0, 0.05) is 31.7 Å². The van der Waals surface area contributed by atoms with Crippen molar-refractivity contribution in [1.82, 2.24) is 4.90 Å². The maximum Gasteiger partial charge on any atom is 0.0758 e. The lowest BCUT2D eigenvalue weighted by molar-refractivity contribution is 0.0169. The summed E-state index contributed by atoms with van der Waals surface area (Å²) in [5.41, 5.74) is -0.422. The molecule has 1 saturated heterocycles. The highest BCUT2D eigenvalue weighted by Crippen LogP contribution is 2.40. The van der Waals surface area contributed by atoms with Crippen molar-refractivity contribution in [3.63, 3.8) is 0 Å². The average Bonchev–Trinajstić information content (AvgIpc) is 2.58. The van der Waals surface area contributed by atoms with Gasteiger partial charge >= 0.3 is 0 Å². The number of aliphatic hydroxyl groups excluding tert-OH is 1. The van der Waals surface area contributed by atoms with Crippen molar-refractivity contribution >= 4 is 0 Å². The molecule has 1 heterocycles. The van der Waals surface area contributed by atoms with Gasteiger partial charge in [-0.25, -0.2) is 0 Å². The van der Waals surface area contributed by atoms with Crippen molar-refractivity contribution in [3.8, 4) is 0 Å². The molecule has 1 aliphatic heterocycles. The molecule has 2 N–H and O–H groups in total. The molecule has 1 saturated carbocycles. The van der Waals surface area contributed by atoms with Gasteiger partial charge < -0.3 is 10.2 Å². The van der Waals surface area contributed by atoms with E-state index in [-0.39, 0.29) is 5.41 Å². The lowest BCUT2D eigenvalue weighted by Crippen LogP contribution is -2.43. The molecule has 3 heteroatoms. The molecule has 0 radical (unpaired) electrons. The maximum atomic E-state index is 10.00. The van der Waals surface area contributed by atoms with Crippen molar-refractivity contribution in [2.24, 2.45) is 11.3 Å². The van der Waals surface area contributed by atoms with E-state index in [1.165, 1.54) is 12.8 Å². The number of β-amino-alcohol motifs (C(OH)–C–C–N with tert-alkyl or cyclic N) is 1. The molecule has 2 rings (SSSR count). The third-order valence-corrected chi connectivity index (χ3v) is 4.61. The van der Waals surface area contributed by atoms with Crippen LogP contribution in [0.15, 0.2) is 0 Å². The summed E-state index contributed by atoms with van der Waals surface area (Å²) >= 11 is 0. The highest BCUT2D eigenvalue weighted by atomic mass is 16.3. The summed E-state index contributed by atoms with van der Waals surface area (Å²) in [5.74, 6) is 0.735. The van der Waals surface area contributed by atoms with Crippen molar-refractivity contribution in [3.05, 3.63) is 0 Å². The van der Waals surface area contributed by atoms with E-state index < -0.39 is 5.60 Å². The van der Waals surface area contributed by atoms with Crippen molar-refractivity contribution in [2.75, 3.05) is 26.2 Å². The van der Waals surface area contributed by atoms with Crippen LogP contribution in [-0.4, -0.2) is 47.0 Å². The van der Waals surface area contributed by atoms with Crippen molar-refractivity contribution in [2.45, 2.75) is 51.6 Å². The molecule has 1 aliphatic carbocycles. The van der Waals surface area contributed by atoms with E-state index in [0.29, 0.717) is 6.61 Å². The van der Waals surface area contributed by atoms with Gasteiger partial charge in [-0.05, 0) is 32.1 Å². The van der Waals surface area contributed by atoms with Gasteiger partial charge in [0.2, 0.25) is 0 Å². The topological polar surface area (TPSA) is 43.7 Å². The Bertz CT molecular complexity index is 267. The Labute approximate surface area is 105 Å². The molecular formula is C14H27NO2. The summed E-state index contributed by atoms with van der Waals surface area (Å²) in [6.45, 7) is 7.22. The molecule has 100 valence electrons. The monoisotopic (exact) mass is 241 g/mol. The second-order valence-electron chi connectivity index (χ2n) is 6.82. The zero-order valence-corrected chi connectivity index (χ0v) is 11.3. The Hall–Kier alpha value is -0.120. The molecule has 3 atom stereocenters. The van der Waals surface area contributed by atoms with Gasteiger partial charge in [0.1, 0.15) is 0 Å². The average molecular weight is 241 g/mol. The van der Waals surface area contributed by atoms with Crippen LogP contribution in [0.2, 0.25) is 0 Å². The number of hydrogen-bond donors (Lipinski definition) is 2. The molecule has 0 aromatic carbocycles. The quantitative estimate of drug-likeness (QED) is 0.789. The van der Waals surface area contributed by atoms with Gasteiger partial charge in [0.15, 0.2) is 0 Å². The minimum absolute atomic E-state index is 0.0953. The lowest BCUT2D eigenvalue weighted by atomic mass is 9.70. The fourth-order valence-electron chi connectivity index (χ4n) is 3.75. The third-order valence-electron chi connectivity index (χ3n) is 4.61. The first-order valence-electron chi connectivity index (χ1n) is 7.00. The molecule has 0 aromatic rings. The first-order chi connectivity index (χ1) is 7.95. The van der Waals surface area contributed by atoms with Gasteiger partial charge in [-0.3, -0.25) is 4.90 Å². The van der Waals surface area contributed by atoms with Crippen LogP contribution in [-0.2, 0) is 0 Å². The van der Waals surface area contributed by atoms with Crippen LogP contribution in [0, 0.1) is 11.3 Å². The zero-order chi connectivity index (χ0) is 12.5. The van der Waals surface area contributed by atoms with Crippen LogP contribution in [0.25, 0.3) is 0 Å². The summed E-state index contributed by atoms with van der Waals surface area (Å²) < 4.78 is 0. The van der Waals surface area contributed by atoms with E-state index in [0.717, 1.165) is 44.8 Å². The Morgan fingerprint density at radius 2 is 2.12 bits per heavy atom. The number of aliphatic hydroxyl groups is 2. The standard InChI is InChI=1S/C14H27NO2/c1-12-4-3-5-14(8-12,11-16)10-15-7-6-13(2,17)9-15/h12,16-17H,3-11H2,1-2H3. The van der Waals surface area contributed by atoms with E-state index in [9.17, 15) is 10.2 Å². The summed E-state index contributed by atoms with van der Waals surface area (Å²) in [4.78, 5) is 2.34. The molecule has 2 fully saturated rings. The summed E-state index contributed by atoms with van der Waals surface area (Å²) in [6, 6.07) is 0. The molecule has 0 amide bonds. The van der Waals surface area contributed by atoms with Crippen LogP contribution in [0.5, 0.6) is 0 Å². The number of likely N-dealkylation sites (tertiary alicyclic amines) is 1. The number of nitrogens with zero attached hydrogens (tertiary/aromatic N) is 1. The second kappa shape index (κ2) is 4.87. The normalized spacial score (nSPS) is 44.1. The minimum atomic E-state index is -0.517. The summed E-state index contributed by atoms with van der Waals surface area (Å²) in [7, 11) is 0. The number of rotatable bonds is 3. The summed E-state index contributed by atoms with van der Waals surface area (Å²) in [5, 5.41) is 19.8. The van der Waals surface area contributed by atoms with E-state index >= 15 is 0 Å². The molecule has 0 bridgehead atoms. The molecule has 0 aromatic heterocycles. The Kier molecular flexibility index (Phi) is 3.81. The first-order valence-corrected chi connectivity index (χ1v) is 7.00. The fourth-order valence-corrected chi connectivity index (χ4v) is 3.75. The lowest BCUT2D eigenvalue weighted by Gasteiger charge is -2.41. The van der Waals surface area contributed by atoms with Crippen LogP contribution >= 0.6 is 0 Å². The predicted molar refractivity (Wildman–Crippen MR) is 68.8 cm³/mol. The van der Waals surface area contributed by atoms with Crippen LogP contribution in [0.3, 0.4) is 0 Å². The van der Waals surface area contributed by atoms with Gasteiger partial charge in [-0.2, -0.15) is 0 Å². The molecule has 3 nitrogen and oxygen atoms in total. The molecular weight excluding hydrogens is 214 g/mol. The van der Waals surface area contributed by atoms with E-state index in [1.807, 2.05) is 6.92 Å². The Morgan fingerprint density at radius 1 is 1.35 bits per heavy atom. The van der Waals surface area contributed by atoms with Gasteiger partial charge in [-0.1, -0.05) is 19.8 Å². The van der Waals surface area contributed by atoms with Gasteiger partial charge in [0.25, 0.3) is 0 Å². The second-order valence-corrected chi connectivity index (χ2v) is 6.82. The van der Waals surface area contributed by atoms with Gasteiger partial charge in [0.05, 0.1) is 5.60 Å². The molecule has 0 spiro atoms. The molecule has 17 heavy (non-hydrogen) atoms. The third kappa shape index (κ3) is 3.21. The minimum Gasteiger partial charge on any atom is -0.396 e. The largest absolute Gasteiger partial charge is 0.396 e. The van der Waals surface area contributed by atoms with Gasteiger partial charge in [-0.15, -0.1) is 0 Å². The van der Waals surface area contributed by atoms with E-state index in [2.05, 4.69) is 11.8 Å². The highest BCUT2D eigenvalue weighted by Gasteiger charge is 2.39. The number of hydrogen-bond acceptors (Lipinski definition) is 3. The predicted octanol–water partition coefficient (Wildman–Crippen LogP) is 1.63. The zero-order valence-electron chi connectivity index (χ0n) is 11.3. The van der Waals surface area contributed by atoms with Crippen molar-refractivity contribution < 1.29 is 10.2 Å². The maximum absolute atomic E-state index is 10.00. The Morgan fingerprint density at radius 3 is 2.65 bits per heavy atom. The highest BCUT2D eigenvalue weighted by molar-refractivity contribution is 4.92. The molecule has 3 unspecified atom stereocenters. The van der Waals surface area contributed by atoms with Crippen molar-refractivity contribution in [1.29, 1.82) is 0 Å². The molecule has 2 aliphatic rings. The SMILES string of the molecule is CC1CCCC(CO)(CN2CCC(C)(O)C2)C1. The van der Waals surface area contributed by atoms with Crippen LogP contribution in [0.1, 0.15) is 46.0 Å². The van der Waals surface area contributed by atoms with E-state index in [4.69, 9.17) is 0 Å². The smallest absolute Gasteiger partial charge is 0.0758 e.